The van der Waals surface area contributed by atoms with Crippen LogP contribution in [-0.4, -0.2) is 59.7 Å². The largest absolute Gasteiger partial charge is 0.480 e. The predicted octanol–water partition coefficient (Wildman–Crippen LogP) is 3.80. The molecule has 2 aromatic rings. The normalized spacial score (nSPS) is 22.5. The van der Waals surface area contributed by atoms with Gasteiger partial charge in [-0.2, -0.15) is 0 Å². The fraction of sp³-hybridized carbons (Fsp3) is 0.562. The Labute approximate surface area is 241 Å². The van der Waals surface area contributed by atoms with Crippen molar-refractivity contribution in [3.63, 3.8) is 0 Å². The number of fused-ring (bicyclic) bond motifs is 2. The van der Waals surface area contributed by atoms with Crippen molar-refractivity contribution in [2.75, 3.05) is 29.9 Å². The number of pyridine rings is 1. The van der Waals surface area contributed by atoms with Crippen LogP contribution in [0, 0.1) is 18.3 Å². The molecule has 0 saturated heterocycles. The molecule has 0 spiro atoms. The maximum atomic E-state index is 13.5. The number of aromatic nitrogens is 1. The fourth-order valence-corrected chi connectivity index (χ4v) is 6.43. The molecule has 3 N–H and O–H groups in total. The number of aliphatic carboxylic acids is 1. The first-order valence-corrected chi connectivity index (χ1v) is 15.1. The predicted molar refractivity (Wildman–Crippen MR) is 155 cm³/mol. The van der Waals surface area contributed by atoms with Crippen LogP contribution in [-0.2, 0) is 38.4 Å². The summed E-state index contributed by atoms with van der Waals surface area (Å²) in [4.78, 5) is 45.1. The highest BCUT2D eigenvalue weighted by Gasteiger charge is 2.59. The number of carboxylic acid groups (broad SMARTS) is 1. The maximum absolute atomic E-state index is 13.5. The average Bonchev–Trinajstić information content (AvgIpc) is 3.66. The SMILES string of the molecule is Cc1ccc2c(c1)N(C(=O)C1(C(=O)NC(CCOC3CC(CCc4ccc5c(n4)NCCC5)C3)C(=O)O)CC1)CC2. The summed E-state index contributed by atoms with van der Waals surface area (Å²) in [7, 11) is 0. The Morgan fingerprint density at radius 3 is 2.76 bits per heavy atom. The van der Waals surface area contributed by atoms with Crippen LogP contribution in [0.3, 0.4) is 0 Å². The van der Waals surface area contributed by atoms with E-state index in [0.717, 1.165) is 79.8 Å². The molecule has 4 aliphatic rings. The molecule has 1 aromatic carbocycles. The summed E-state index contributed by atoms with van der Waals surface area (Å²) >= 11 is 0. The van der Waals surface area contributed by atoms with Gasteiger partial charge in [0.1, 0.15) is 17.3 Å². The quantitative estimate of drug-likeness (QED) is 0.358. The zero-order valence-electron chi connectivity index (χ0n) is 23.8. The van der Waals surface area contributed by atoms with Crippen LogP contribution < -0.4 is 15.5 Å². The van der Waals surface area contributed by atoms with Gasteiger partial charge in [0.05, 0.1) is 6.10 Å². The van der Waals surface area contributed by atoms with Crippen molar-refractivity contribution >= 4 is 29.3 Å². The van der Waals surface area contributed by atoms with Crippen molar-refractivity contribution in [2.24, 2.45) is 11.3 Å². The lowest BCUT2D eigenvalue weighted by Gasteiger charge is -2.35. The highest BCUT2D eigenvalue weighted by Crippen LogP contribution is 2.49. The Kier molecular flexibility index (Phi) is 7.72. The molecule has 2 aliphatic heterocycles. The van der Waals surface area contributed by atoms with Crippen LogP contribution in [0.25, 0.3) is 0 Å². The van der Waals surface area contributed by atoms with Crippen LogP contribution in [0.5, 0.6) is 0 Å². The smallest absolute Gasteiger partial charge is 0.326 e. The first-order chi connectivity index (χ1) is 19.8. The summed E-state index contributed by atoms with van der Waals surface area (Å²) < 4.78 is 5.96. The van der Waals surface area contributed by atoms with Crippen LogP contribution in [0.1, 0.15) is 67.3 Å². The van der Waals surface area contributed by atoms with Gasteiger partial charge in [-0.25, -0.2) is 9.78 Å². The van der Waals surface area contributed by atoms with E-state index < -0.39 is 23.3 Å². The van der Waals surface area contributed by atoms with E-state index in [4.69, 9.17) is 9.72 Å². The van der Waals surface area contributed by atoms with E-state index in [2.05, 4.69) is 22.8 Å². The third kappa shape index (κ3) is 5.82. The topological polar surface area (TPSA) is 121 Å². The fourth-order valence-electron chi connectivity index (χ4n) is 6.43. The number of nitrogens with zero attached hydrogens (tertiary/aromatic N) is 2. The minimum atomic E-state index is -1.16. The van der Waals surface area contributed by atoms with E-state index in [1.54, 1.807) is 4.90 Å². The standard InChI is InChI=1S/C32H40N4O5/c1-20-4-6-22-10-15-36(27(22)17-20)31(40)32(12-13-32)30(39)35-26(29(37)38)11-16-41-25-18-21(19-25)5-8-24-9-7-23-3-2-14-33-28(23)34-24/h4,6-7,9,17,21,25-26H,2-3,5,8,10-16,18-19H2,1H3,(H,33,34)(H,35,39)(H,37,38). The van der Waals surface area contributed by atoms with Crippen molar-refractivity contribution in [3.05, 3.63) is 52.7 Å². The number of ether oxygens (including phenoxy) is 1. The molecule has 41 heavy (non-hydrogen) atoms. The zero-order chi connectivity index (χ0) is 28.6. The molecule has 1 aromatic heterocycles. The minimum absolute atomic E-state index is 0.123. The lowest BCUT2D eigenvalue weighted by atomic mass is 9.79. The van der Waals surface area contributed by atoms with Crippen molar-refractivity contribution < 1.29 is 24.2 Å². The van der Waals surface area contributed by atoms with Gasteiger partial charge < -0.3 is 25.4 Å². The van der Waals surface area contributed by atoms with Crippen LogP contribution in [0.2, 0.25) is 0 Å². The zero-order valence-corrected chi connectivity index (χ0v) is 23.8. The Morgan fingerprint density at radius 1 is 1.17 bits per heavy atom. The summed E-state index contributed by atoms with van der Waals surface area (Å²) in [6.45, 7) is 3.78. The number of carbonyl (C=O) groups excluding carboxylic acids is 2. The summed E-state index contributed by atoms with van der Waals surface area (Å²) in [5.74, 6) is -0.184. The van der Waals surface area contributed by atoms with Gasteiger partial charge in [0.2, 0.25) is 11.8 Å². The number of amides is 2. The molecule has 1 atom stereocenters. The first-order valence-electron chi connectivity index (χ1n) is 15.1. The molecule has 0 bridgehead atoms. The number of hydrogen-bond donors (Lipinski definition) is 3. The van der Waals surface area contributed by atoms with Crippen LogP contribution in [0.15, 0.2) is 30.3 Å². The Bertz CT molecular complexity index is 1330. The second-order valence-corrected chi connectivity index (χ2v) is 12.3. The second-order valence-electron chi connectivity index (χ2n) is 12.3. The molecule has 2 saturated carbocycles. The molecule has 6 rings (SSSR count). The highest BCUT2D eigenvalue weighted by atomic mass is 16.5. The lowest BCUT2D eigenvalue weighted by Crippen LogP contribution is -2.50. The van der Waals surface area contributed by atoms with E-state index in [-0.39, 0.29) is 25.0 Å². The van der Waals surface area contributed by atoms with Gasteiger partial charge in [0, 0.05) is 37.5 Å². The Morgan fingerprint density at radius 2 is 1.98 bits per heavy atom. The number of nitrogens with one attached hydrogen (secondary N) is 2. The second kappa shape index (κ2) is 11.4. The van der Waals surface area contributed by atoms with Crippen molar-refractivity contribution in [3.8, 4) is 0 Å². The molecule has 2 amide bonds. The maximum Gasteiger partial charge on any atom is 0.326 e. The van der Waals surface area contributed by atoms with E-state index in [1.165, 1.54) is 5.56 Å². The van der Waals surface area contributed by atoms with Crippen molar-refractivity contribution in [1.29, 1.82) is 0 Å². The monoisotopic (exact) mass is 560 g/mol. The number of anilines is 2. The summed E-state index contributed by atoms with van der Waals surface area (Å²) in [5, 5.41) is 15.8. The molecule has 2 fully saturated rings. The molecular weight excluding hydrogens is 520 g/mol. The third-order valence-electron chi connectivity index (χ3n) is 9.29. The molecule has 2 aliphatic carbocycles. The van der Waals surface area contributed by atoms with Gasteiger partial charge in [-0.15, -0.1) is 0 Å². The number of aryl methyl sites for hydroxylation is 3. The lowest BCUT2D eigenvalue weighted by molar-refractivity contribution is -0.145. The number of rotatable bonds is 11. The van der Waals surface area contributed by atoms with Gasteiger partial charge >= 0.3 is 5.97 Å². The molecule has 9 heteroatoms. The molecule has 3 heterocycles. The van der Waals surface area contributed by atoms with Gasteiger partial charge in [0.25, 0.3) is 0 Å². The number of carbonyl (C=O) groups is 3. The van der Waals surface area contributed by atoms with E-state index >= 15 is 0 Å². The van der Waals surface area contributed by atoms with E-state index in [1.807, 2.05) is 25.1 Å². The number of benzene rings is 1. The number of hydrogen-bond acceptors (Lipinski definition) is 6. The van der Waals surface area contributed by atoms with Gasteiger partial charge in [0.15, 0.2) is 0 Å². The third-order valence-corrected chi connectivity index (χ3v) is 9.29. The van der Waals surface area contributed by atoms with Gasteiger partial charge in [-0.1, -0.05) is 18.2 Å². The summed E-state index contributed by atoms with van der Waals surface area (Å²) in [6.07, 6.45) is 8.13. The molecule has 1 unspecified atom stereocenters. The molecule has 9 nitrogen and oxygen atoms in total. The minimum Gasteiger partial charge on any atom is -0.480 e. The van der Waals surface area contributed by atoms with Crippen molar-refractivity contribution in [1.82, 2.24) is 10.3 Å². The molecular formula is C32H40N4O5. The number of carboxylic acids is 1. The first kappa shape index (κ1) is 27.7. The highest BCUT2D eigenvalue weighted by molar-refractivity contribution is 6.15. The molecule has 0 radical (unpaired) electrons. The Balaban J connectivity index is 0.940. The van der Waals surface area contributed by atoms with E-state index in [0.29, 0.717) is 25.3 Å². The van der Waals surface area contributed by atoms with Gasteiger partial charge in [-0.3, -0.25) is 9.59 Å². The van der Waals surface area contributed by atoms with Crippen LogP contribution in [0.4, 0.5) is 11.5 Å². The van der Waals surface area contributed by atoms with Crippen LogP contribution >= 0.6 is 0 Å². The average molecular weight is 561 g/mol. The van der Waals surface area contributed by atoms with Gasteiger partial charge in [-0.05, 0) is 99.5 Å². The van der Waals surface area contributed by atoms with E-state index in [9.17, 15) is 19.5 Å². The summed E-state index contributed by atoms with van der Waals surface area (Å²) in [5.41, 5.74) is 4.30. The molecule has 218 valence electrons. The van der Waals surface area contributed by atoms with Crippen molar-refractivity contribution in [2.45, 2.75) is 83.3 Å². The summed E-state index contributed by atoms with van der Waals surface area (Å²) in [6, 6.07) is 9.30. The Hall–Kier alpha value is -3.46.